The topological polar surface area (TPSA) is 26.3 Å². The summed E-state index contributed by atoms with van der Waals surface area (Å²) in [5.41, 5.74) is 6.70. The summed E-state index contributed by atoms with van der Waals surface area (Å²) in [6.45, 7) is 10.6. The average Bonchev–Trinajstić information content (AvgIpc) is 2.92. The van der Waals surface area contributed by atoms with E-state index in [0.717, 1.165) is 41.7 Å². The molecule has 1 heterocycles. The third-order valence-corrected chi connectivity index (χ3v) is 7.73. The van der Waals surface area contributed by atoms with E-state index >= 15 is 0 Å². The zero-order valence-corrected chi connectivity index (χ0v) is 17.8. The first-order valence-corrected chi connectivity index (χ1v) is 13.5. The van der Waals surface area contributed by atoms with Gasteiger partial charge in [-0.25, -0.2) is 0 Å². The van der Waals surface area contributed by atoms with Crippen molar-refractivity contribution in [3.8, 4) is 11.1 Å². The second-order valence-electron chi connectivity index (χ2n) is 8.71. The van der Waals surface area contributed by atoms with Crippen molar-refractivity contribution in [3.05, 3.63) is 64.7 Å². The minimum absolute atomic E-state index is 0.199. The fraction of sp³-hybridized carbons (Fsp3) is 0.375. The molecule has 27 heavy (non-hydrogen) atoms. The first-order valence-electron chi connectivity index (χ1n) is 10.0. The van der Waals surface area contributed by atoms with Gasteiger partial charge in [0.05, 0.1) is 21.3 Å². The maximum absolute atomic E-state index is 13.3. The number of hydrogen-bond donors (Lipinski definition) is 0. The molecule has 1 aliphatic carbocycles. The highest BCUT2D eigenvalue weighted by molar-refractivity contribution is 6.90. The van der Waals surface area contributed by atoms with Crippen LogP contribution in [0.1, 0.15) is 52.7 Å². The molecule has 0 aromatic heterocycles. The molecule has 0 saturated carbocycles. The molecule has 2 aliphatic rings. The molecule has 1 atom stereocenters. The van der Waals surface area contributed by atoms with E-state index in [9.17, 15) is 4.79 Å². The van der Waals surface area contributed by atoms with Gasteiger partial charge in [0.2, 0.25) is 0 Å². The summed E-state index contributed by atoms with van der Waals surface area (Å²) < 4.78 is 6.01. The number of allylic oxidation sites excluding steroid dienone is 1. The van der Waals surface area contributed by atoms with Gasteiger partial charge in [-0.2, -0.15) is 0 Å². The molecule has 0 saturated heterocycles. The van der Waals surface area contributed by atoms with Gasteiger partial charge in [-0.05, 0) is 39.9 Å². The third kappa shape index (κ3) is 3.03. The molecule has 2 aromatic carbocycles. The zero-order chi connectivity index (χ0) is 19.2. The Morgan fingerprint density at radius 3 is 2.59 bits per heavy atom. The summed E-state index contributed by atoms with van der Waals surface area (Å²) in [4.78, 5) is 13.3. The molecule has 1 aliphatic heterocycles. The number of hydrogen-bond acceptors (Lipinski definition) is 2. The monoisotopic (exact) mass is 376 g/mol. The van der Waals surface area contributed by atoms with Crippen LogP contribution < -0.4 is 5.19 Å². The predicted octanol–water partition coefficient (Wildman–Crippen LogP) is 5.41. The highest BCUT2D eigenvalue weighted by Gasteiger charge is 2.38. The predicted molar refractivity (Wildman–Crippen MR) is 115 cm³/mol. The van der Waals surface area contributed by atoms with Crippen LogP contribution in [0.2, 0.25) is 19.6 Å². The van der Waals surface area contributed by atoms with Crippen molar-refractivity contribution in [2.24, 2.45) is 0 Å². The molecule has 2 aromatic rings. The smallest absolute Gasteiger partial charge is 0.194 e. The van der Waals surface area contributed by atoms with Crippen LogP contribution in [-0.4, -0.2) is 20.5 Å². The summed E-state index contributed by atoms with van der Waals surface area (Å²) in [5, 5.41) is 1.31. The van der Waals surface area contributed by atoms with E-state index in [1.807, 2.05) is 18.2 Å². The Balaban J connectivity index is 1.98. The van der Waals surface area contributed by atoms with Gasteiger partial charge < -0.3 is 4.74 Å². The van der Waals surface area contributed by atoms with Crippen LogP contribution >= 0.6 is 0 Å². The van der Waals surface area contributed by atoms with Crippen molar-refractivity contribution >= 4 is 19.0 Å². The molecule has 0 N–H and O–H groups in total. The number of benzene rings is 2. The number of carbonyl (C=O) groups is 1. The standard InChI is InChI=1S/C24H28O2Si/c1-5-6-7-10-16-14-26-15-21-19(16)13-20-17-11-8-9-12-18(17)23(25)22(20)24(21)27(2,3)4/h7-13,16H,5-6,14-15H2,1-4H3. The Bertz CT molecular complexity index is 934. The number of fused-ring (bicyclic) bond motifs is 4. The minimum atomic E-state index is -1.74. The van der Waals surface area contributed by atoms with Crippen LogP contribution in [0.3, 0.4) is 0 Å². The normalized spacial score (nSPS) is 18.5. The second kappa shape index (κ2) is 6.88. The molecule has 0 amide bonds. The lowest BCUT2D eigenvalue weighted by atomic mass is 9.88. The van der Waals surface area contributed by atoms with Gasteiger partial charge >= 0.3 is 0 Å². The van der Waals surface area contributed by atoms with Crippen molar-refractivity contribution in [1.82, 2.24) is 0 Å². The molecule has 4 rings (SSSR count). The van der Waals surface area contributed by atoms with E-state index in [-0.39, 0.29) is 11.7 Å². The Kier molecular flexibility index (Phi) is 4.69. The van der Waals surface area contributed by atoms with Crippen LogP contribution in [0, 0.1) is 0 Å². The van der Waals surface area contributed by atoms with Gasteiger partial charge in [0, 0.05) is 17.0 Å². The van der Waals surface area contributed by atoms with Crippen LogP contribution in [0.4, 0.5) is 0 Å². The molecule has 2 nitrogen and oxygen atoms in total. The molecule has 0 spiro atoms. The molecule has 3 heteroatoms. The number of ketones is 1. The summed E-state index contributed by atoms with van der Waals surface area (Å²) in [6.07, 6.45) is 6.84. The highest BCUT2D eigenvalue weighted by atomic mass is 28.3. The van der Waals surface area contributed by atoms with Crippen LogP contribution in [0.5, 0.6) is 0 Å². The molecule has 0 fully saturated rings. The summed E-state index contributed by atoms with van der Waals surface area (Å²) in [5.74, 6) is 0.480. The number of unbranched alkanes of at least 4 members (excludes halogenated alkanes) is 1. The van der Waals surface area contributed by atoms with Gasteiger partial charge in [0.15, 0.2) is 5.78 Å². The third-order valence-electron chi connectivity index (χ3n) is 5.68. The van der Waals surface area contributed by atoms with Crippen molar-refractivity contribution in [3.63, 3.8) is 0 Å². The number of ether oxygens (including phenoxy) is 1. The lowest BCUT2D eigenvalue weighted by molar-refractivity contribution is 0.101. The van der Waals surface area contributed by atoms with Gasteiger partial charge in [-0.15, -0.1) is 0 Å². The van der Waals surface area contributed by atoms with Gasteiger partial charge in [-0.3, -0.25) is 4.79 Å². The Morgan fingerprint density at radius 2 is 1.89 bits per heavy atom. The maximum atomic E-state index is 13.3. The first-order chi connectivity index (χ1) is 12.9. The van der Waals surface area contributed by atoms with Gasteiger partial charge in [-0.1, -0.05) is 69.4 Å². The van der Waals surface area contributed by atoms with Crippen LogP contribution in [-0.2, 0) is 11.3 Å². The zero-order valence-electron chi connectivity index (χ0n) is 16.8. The van der Waals surface area contributed by atoms with E-state index in [4.69, 9.17) is 4.74 Å². The minimum Gasteiger partial charge on any atom is -0.376 e. The van der Waals surface area contributed by atoms with E-state index in [1.54, 1.807) is 0 Å². The number of carbonyl (C=O) groups excluding carboxylic acids is 1. The lowest BCUT2D eigenvalue weighted by Gasteiger charge is -2.32. The lowest BCUT2D eigenvalue weighted by Crippen LogP contribution is -2.45. The van der Waals surface area contributed by atoms with E-state index in [1.165, 1.54) is 16.3 Å². The fourth-order valence-electron chi connectivity index (χ4n) is 4.52. The Hall–Kier alpha value is -1.97. The van der Waals surface area contributed by atoms with Crippen molar-refractivity contribution in [2.45, 2.75) is 51.9 Å². The Labute approximate surface area is 163 Å². The number of rotatable bonds is 4. The van der Waals surface area contributed by atoms with E-state index in [2.05, 4.69) is 50.8 Å². The van der Waals surface area contributed by atoms with Crippen molar-refractivity contribution in [2.75, 3.05) is 6.61 Å². The van der Waals surface area contributed by atoms with E-state index in [0.29, 0.717) is 6.61 Å². The molecule has 0 bridgehead atoms. The van der Waals surface area contributed by atoms with Gasteiger partial charge in [0.25, 0.3) is 0 Å². The van der Waals surface area contributed by atoms with E-state index < -0.39 is 8.07 Å². The molecular weight excluding hydrogens is 348 g/mol. The van der Waals surface area contributed by atoms with Crippen LogP contribution in [0.15, 0.2) is 42.5 Å². The second-order valence-corrected chi connectivity index (χ2v) is 13.7. The quantitative estimate of drug-likeness (QED) is 0.449. The van der Waals surface area contributed by atoms with Gasteiger partial charge in [0.1, 0.15) is 0 Å². The van der Waals surface area contributed by atoms with Crippen LogP contribution in [0.25, 0.3) is 11.1 Å². The maximum Gasteiger partial charge on any atom is 0.194 e. The Morgan fingerprint density at radius 1 is 1.15 bits per heavy atom. The fourth-order valence-corrected chi connectivity index (χ4v) is 6.64. The SMILES string of the molecule is CCCC=CC1COCc2c1cc1c(c2[Si](C)(C)C)C(=O)c2ccccc2-1. The first kappa shape index (κ1) is 18.4. The molecule has 140 valence electrons. The summed E-state index contributed by atoms with van der Waals surface area (Å²) in [6, 6.07) is 10.4. The molecule has 1 unspecified atom stereocenters. The van der Waals surface area contributed by atoms with Crippen molar-refractivity contribution in [1.29, 1.82) is 0 Å². The average molecular weight is 377 g/mol. The summed E-state index contributed by atoms with van der Waals surface area (Å²) in [7, 11) is -1.74. The molecular formula is C24H28O2Si. The van der Waals surface area contributed by atoms with Crippen molar-refractivity contribution < 1.29 is 9.53 Å². The highest BCUT2D eigenvalue weighted by Crippen LogP contribution is 2.41. The molecule has 0 radical (unpaired) electrons. The summed E-state index contributed by atoms with van der Waals surface area (Å²) >= 11 is 0. The largest absolute Gasteiger partial charge is 0.376 e.